The summed E-state index contributed by atoms with van der Waals surface area (Å²) in [5, 5.41) is 2.87. The lowest BCUT2D eigenvalue weighted by Crippen LogP contribution is -2.13. The molecule has 1 aromatic heterocycles. The maximum Gasteiger partial charge on any atom is 0.258 e. The second kappa shape index (κ2) is 7.77. The van der Waals surface area contributed by atoms with Crippen LogP contribution in [0.25, 0.3) is 0 Å². The normalized spacial score (nSPS) is 10.3. The Bertz CT molecular complexity index is 888. The standard InChI is InChI=1S/C19H14ClFN2O2/c20-13-7-8-17(18(21)10-13)19(24)23-14-5-3-6-16(11-14)25-12-15-4-1-2-9-22-15/h1-11H,12H2,(H,23,24). The number of anilines is 1. The summed E-state index contributed by atoms with van der Waals surface area (Å²) >= 11 is 5.69. The van der Waals surface area contributed by atoms with Gasteiger partial charge >= 0.3 is 0 Å². The van der Waals surface area contributed by atoms with Crippen LogP contribution in [0.3, 0.4) is 0 Å². The highest BCUT2D eigenvalue weighted by Gasteiger charge is 2.12. The lowest BCUT2D eigenvalue weighted by atomic mass is 10.2. The van der Waals surface area contributed by atoms with Gasteiger partial charge in [-0.3, -0.25) is 9.78 Å². The van der Waals surface area contributed by atoms with Crippen molar-refractivity contribution in [3.8, 4) is 5.75 Å². The minimum atomic E-state index is -0.674. The third-order valence-corrected chi connectivity index (χ3v) is 3.62. The number of pyridine rings is 1. The van der Waals surface area contributed by atoms with E-state index in [9.17, 15) is 9.18 Å². The molecule has 1 amide bonds. The Balaban J connectivity index is 1.68. The lowest BCUT2D eigenvalue weighted by molar-refractivity contribution is 0.102. The molecule has 0 spiro atoms. The Labute approximate surface area is 149 Å². The number of halogens is 2. The molecule has 1 heterocycles. The predicted molar refractivity (Wildman–Crippen MR) is 94.4 cm³/mol. The number of carbonyl (C=O) groups excluding carboxylic acids is 1. The van der Waals surface area contributed by atoms with Crippen molar-refractivity contribution in [2.45, 2.75) is 6.61 Å². The number of nitrogens with one attached hydrogen (secondary N) is 1. The molecule has 0 radical (unpaired) electrons. The van der Waals surface area contributed by atoms with Crippen LogP contribution in [-0.4, -0.2) is 10.9 Å². The van der Waals surface area contributed by atoms with Gasteiger partial charge < -0.3 is 10.1 Å². The van der Waals surface area contributed by atoms with E-state index in [1.165, 1.54) is 12.1 Å². The minimum Gasteiger partial charge on any atom is -0.487 e. The number of aromatic nitrogens is 1. The van der Waals surface area contributed by atoms with Crippen molar-refractivity contribution >= 4 is 23.2 Å². The fourth-order valence-corrected chi connectivity index (χ4v) is 2.34. The molecule has 0 saturated heterocycles. The number of ether oxygens (including phenoxy) is 1. The summed E-state index contributed by atoms with van der Waals surface area (Å²) in [6, 6.07) is 16.3. The molecule has 0 aliphatic rings. The van der Waals surface area contributed by atoms with Gasteiger partial charge in [-0.1, -0.05) is 23.7 Å². The molecule has 0 aliphatic heterocycles. The number of carbonyl (C=O) groups is 1. The van der Waals surface area contributed by atoms with Crippen LogP contribution in [0, 0.1) is 5.82 Å². The van der Waals surface area contributed by atoms with Crippen LogP contribution >= 0.6 is 11.6 Å². The zero-order valence-electron chi connectivity index (χ0n) is 13.1. The first kappa shape index (κ1) is 16.9. The summed E-state index contributed by atoms with van der Waals surface area (Å²) in [7, 11) is 0. The third kappa shape index (κ3) is 4.55. The second-order valence-corrected chi connectivity index (χ2v) is 5.65. The SMILES string of the molecule is O=C(Nc1cccc(OCc2ccccn2)c1)c1ccc(Cl)cc1F. The lowest BCUT2D eigenvalue weighted by Gasteiger charge is -2.09. The number of benzene rings is 2. The molecule has 4 nitrogen and oxygen atoms in total. The molecule has 1 N–H and O–H groups in total. The average molecular weight is 357 g/mol. The fourth-order valence-electron chi connectivity index (χ4n) is 2.18. The topological polar surface area (TPSA) is 51.2 Å². The van der Waals surface area contributed by atoms with Gasteiger partial charge in [-0.25, -0.2) is 4.39 Å². The van der Waals surface area contributed by atoms with Crippen molar-refractivity contribution in [1.82, 2.24) is 4.98 Å². The van der Waals surface area contributed by atoms with Crippen LogP contribution in [0.2, 0.25) is 5.02 Å². The molecule has 0 unspecified atom stereocenters. The first-order valence-electron chi connectivity index (χ1n) is 7.51. The Hall–Kier alpha value is -2.92. The molecule has 3 rings (SSSR count). The van der Waals surface area contributed by atoms with Gasteiger partial charge in [0.2, 0.25) is 0 Å². The zero-order chi connectivity index (χ0) is 17.6. The summed E-state index contributed by atoms with van der Waals surface area (Å²) in [5.41, 5.74) is 1.21. The number of rotatable bonds is 5. The van der Waals surface area contributed by atoms with E-state index in [2.05, 4.69) is 10.3 Å². The van der Waals surface area contributed by atoms with Crippen molar-refractivity contribution in [1.29, 1.82) is 0 Å². The molecule has 126 valence electrons. The molecule has 0 atom stereocenters. The van der Waals surface area contributed by atoms with E-state index in [4.69, 9.17) is 16.3 Å². The van der Waals surface area contributed by atoms with Crippen molar-refractivity contribution in [2.24, 2.45) is 0 Å². The Morgan fingerprint density at radius 2 is 2.00 bits per heavy atom. The second-order valence-electron chi connectivity index (χ2n) is 5.22. The predicted octanol–water partition coefficient (Wildman–Crippen LogP) is 4.71. The number of nitrogens with zero attached hydrogens (tertiary/aromatic N) is 1. The van der Waals surface area contributed by atoms with Crippen molar-refractivity contribution in [3.05, 3.63) is 89.0 Å². The van der Waals surface area contributed by atoms with Crippen LogP contribution in [0.5, 0.6) is 5.75 Å². The Morgan fingerprint density at radius 1 is 1.12 bits per heavy atom. The van der Waals surface area contributed by atoms with Gasteiger partial charge in [0.1, 0.15) is 18.2 Å². The summed E-state index contributed by atoms with van der Waals surface area (Å²) in [6.45, 7) is 0.310. The first-order valence-corrected chi connectivity index (χ1v) is 7.89. The zero-order valence-corrected chi connectivity index (χ0v) is 13.8. The van der Waals surface area contributed by atoms with E-state index in [0.717, 1.165) is 11.8 Å². The fraction of sp³-hybridized carbons (Fsp3) is 0.0526. The van der Waals surface area contributed by atoms with Gasteiger partial charge in [0.05, 0.1) is 11.3 Å². The summed E-state index contributed by atoms with van der Waals surface area (Å²) < 4.78 is 19.5. The smallest absolute Gasteiger partial charge is 0.258 e. The van der Waals surface area contributed by atoms with E-state index in [1.807, 2.05) is 18.2 Å². The largest absolute Gasteiger partial charge is 0.487 e. The van der Waals surface area contributed by atoms with Gasteiger partial charge in [0, 0.05) is 23.0 Å². The molecule has 6 heteroatoms. The van der Waals surface area contributed by atoms with Crippen molar-refractivity contribution < 1.29 is 13.9 Å². The van der Waals surface area contributed by atoms with Gasteiger partial charge in [-0.05, 0) is 42.5 Å². The van der Waals surface area contributed by atoms with Gasteiger partial charge in [-0.2, -0.15) is 0 Å². The Morgan fingerprint density at radius 3 is 2.76 bits per heavy atom. The van der Waals surface area contributed by atoms with E-state index >= 15 is 0 Å². The maximum absolute atomic E-state index is 13.8. The monoisotopic (exact) mass is 356 g/mol. The summed E-state index contributed by atoms with van der Waals surface area (Å²) in [5.74, 6) is -0.663. The van der Waals surface area contributed by atoms with E-state index in [0.29, 0.717) is 18.0 Å². The molecular formula is C19H14ClFN2O2. The molecule has 0 saturated carbocycles. The third-order valence-electron chi connectivity index (χ3n) is 3.38. The molecule has 25 heavy (non-hydrogen) atoms. The quantitative estimate of drug-likeness (QED) is 0.720. The van der Waals surface area contributed by atoms with E-state index in [-0.39, 0.29) is 10.6 Å². The molecule has 0 bridgehead atoms. The van der Waals surface area contributed by atoms with Crippen LogP contribution in [0.1, 0.15) is 16.1 Å². The van der Waals surface area contributed by atoms with Gasteiger partial charge in [-0.15, -0.1) is 0 Å². The number of hydrogen-bond donors (Lipinski definition) is 1. The van der Waals surface area contributed by atoms with E-state index in [1.54, 1.807) is 30.5 Å². The summed E-state index contributed by atoms with van der Waals surface area (Å²) in [6.07, 6.45) is 1.69. The number of amides is 1. The highest BCUT2D eigenvalue weighted by atomic mass is 35.5. The highest BCUT2D eigenvalue weighted by molar-refractivity contribution is 6.30. The molecule has 2 aromatic carbocycles. The highest BCUT2D eigenvalue weighted by Crippen LogP contribution is 2.20. The van der Waals surface area contributed by atoms with Gasteiger partial charge in [0.15, 0.2) is 0 Å². The van der Waals surface area contributed by atoms with Crippen LogP contribution < -0.4 is 10.1 Å². The van der Waals surface area contributed by atoms with Crippen LogP contribution in [0.4, 0.5) is 10.1 Å². The average Bonchev–Trinajstić information content (AvgIpc) is 2.61. The van der Waals surface area contributed by atoms with Crippen LogP contribution in [0.15, 0.2) is 66.9 Å². The first-order chi connectivity index (χ1) is 12.1. The molecule has 0 aliphatic carbocycles. The Kier molecular flexibility index (Phi) is 5.26. The minimum absolute atomic E-state index is 0.0794. The van der Waals surface area contributed by atoms with Crippen molar-refractivity contribution in [2.75, 3.05) is 5.32 Å². The molecular weight excluding hydrogens is 343 g/mol. The summed E-state index contributed by atoms with van der Waals surface area (Å²) in [4.78, 5) is 16.4. The van der Waals surface area contributed by atoms with Crippen molar-refractivity contribution in [3.63, 3.8) is 0 Å². The van der Waals surface area contributed by atoms with Gasteiger partial charge in [0.25, 0.3) is 5.91 Å². The molecule has 3 aromatic rings. The van der Waals surface area contributed by atoms with E-state index < -0.39 is 11.7 Å². The number of hydrogen-bond acceptors (Lipinski definition) is 3. The maximum atomic E-state index is 13.8. The van der Waals surface area contributed by atoms with Crippen LogP contribution in [-0.2, 0) is 6.61 Å². The molecule has 0 fully saturated rings.